The van der Waals surface area contributed by atoms with Crippen molar-refractivity contribution in [1.29, 1.82) is 0 Å². The van der Waals surface area contributed by atoms with Crippen molar-refractivity contribution in [3.8, 4) is 0 Å². The molecule has 3 aliphatic rings. The first-order chi connectivity index (χ1) is 11.1. The fourth-order valence-electron chi connectivity index (χ4n) is 3.88. The van der Waals surface area contributed by atoms with Gasteiger partial charge in [-0.2, -0.15) is 10.1 Å². The van der Waals surface area contributed by atoms with E-state index >= 15 is 0 Å². The zero-order valence-electron chi connectivity index (χ0n) is 12.0. The number of hydrogen-bond acceptors (Lipinski definition) is 5. The zero-order chi connectivity index (χ0) is 16.1. The number of hydrogen-bond donors (Lipinski definition) is 0. The molecule has 7 heteroatoms. The topological polar surface area (TPSA) is 92.9 Å². The molecule has 1 aromatic carbocycles. The van der Waals surface area contributed by atoms with Crippen molar-refractivity contribution < 1.29 is 14.5 Å². The Balaban J connectivity index is 1.62. The van der Waals surface area contributed by atoms with Gasteiger partial charge in [-0.25, -0.2) is 0 Å². The van der Waals surface area contributed by atoms with Gasteiger partial charge in [0.1, 0.15) is 0 Å². The van der Waals surface area contributed by atoms with Gasteiger partial charge >= 0.3 is 0 Å². The average molecular weight is 311 g/mol. The molecule has 2 amide bonds. The summed E-state index contributed by atoms with van der Waals surface area (Å²) in [5.74, 6) is -1.00. The lowest BCUT2D eigenvalue weighted by Gasteiger charge is -2.13. The molecule has 0 unspecified atom stereocenters. The highest BCUT2D eigenvalue weighted by Gasteiger charge is 2.59. The molecule has 1 saturated carbocycles. The van der Waals surface area contributed by atoms with Crippen molar-refractivity contribution in [2.75, 3.05) is 0 Å². The Morgan fingerprint density at radius 1 is 1.13 bits per heavy atom. The summed E-state index contributed by atoms with van der Waals surface area (Å²) >= 11 is 0. The number of benzene rings is 1. The predicted molar refractivity (Wildman–Crippen MR) is 80.3 cm³/mol. The van der Waals surface area contributed by atoms with Gasteiger partial charge in [0.25, 0.3) is 17.5 Å². The van der Waals surface area contributed by atoms with Gasteiger partial charge in [-0.1, -0.05) is 24.3 Å². The van der Waals surface area contributed by atoms with Gasteiger partial charge < -0.3 is 0 Å². The lowest BCUT2D eigenvalue weighted by Crippen LogP contribution is -2.28. The molecule has 7 nitrogen and oxygen atoms in total. The molecule has 1 saturated heterocycles. The van der Waals surface area contributed by atoms with Crippen LogP contribution < -0.4 is 0 Å². The summed E-state index contributed by atoms with van der Waals surface area (Å²) in [6.45, 7) is 0. The number of nitro benzene ring substituents is 1. The standard InChI is InChI=1S/C16H13N3O4/c20-15-13-9-5-6-10(7-9)14(13)16(21)18(15)17-8-11-3-1-2-4-12(11)19(22)23/h1-6,8-10,13-14H,7H2/t9-,10-,13-,14+/m0/s1. The molecule has 2 fully saturated rings. The zero-order valence-corrected chi connectivity index (χ0v) is 12.0. The van der Waals surface area contributed by atoms with E-state index < -0.39 is 4.92 Å². The number of nitrogens with zero attached hydrogens (tertiary/aromatic N) is 3. The van der Waals surface area contributed by atoms with Crippen LogP contribution in [0.3, 0.4) is 0 Å². The Hall–Kier alpha value is -2.83. The van der Waals surface area contributed by atoms with E-state index in [0.29, 0.717) is 0 Å². The summed E-state index contributed by atoms with van der Waals surface area (Å²) in [4.78, 5) is 35.4. The van der Waals surface area contributed by atoms with Crippen LogP contribution in [0.4, 0.5) is 5.69 Å². The molecule has 23 heavy (non-hydrogen) atoms. The van der Waals surface area contributed by atoms with Crippen molar-refractivity contribution in [2.45, 2.75) is 6.42 Å². The van der Waals surface area contributed by atoms with E-state index in [0.717, 1.165) is 11.4 Å². The second-order valence-electron chi connectivity index (χ2n) is 6.05. The molecule has 116 valence electrons. The first kappa shape index (κ1) is 13.8. The molecule has 1 aromatic rings. The van der Waals surface area contributed by atoms with E-state index in [1.807, 2.05) is 12.2 Å². The van der Waals surface area contributed by atoms with Crippen molar-refractivity contribution in [3.63, 3.8) is 0 Å². The Kier molecular flexibility index (Phi) is 2.90. The van der Waals surface area contributed by atoms with Gasteiger partial charge in [0.05, 0.1) is 28.5 Å². The summed E-state index contributed by atoms with van der Waals surface area (Å²) in [7, 11) is 0. The minimum Gasteiger partial charge on any atom is -0.272 e. The molecule has 4 rings (SSSR count). The number of imide groups is 1. The van der Waals surface area contributed by atoms with E-state index in [1.54, 1.807) is 12.1 Å². The Labute approximate surface area is 131 Å². The van der Waals surface area contributed by atoms with E-state index in [-0.39, 0.29) is 46.7 Å². The highest BCUT2D eigenvalue weighted by molar-refractivity contribution is 6.07. The van der Waals surface area contributed by atoms with Gasteiger partial charge in [-0.3, -0.25) is 19.7 Å². The van der Waals surface area contributed by atoms with Gasteiger partial charge in [-0.15, -0.1) is 0 Å². The quantitative estimate of drug-likeness (QED) is 0.279. The normalized spacial score (nSPS) is 31.4. The molecule has 0 radical (unpaired) electrons. The Morgan fingerprint density at radius 2 is 1.74 bits per heavy atom. The monoisotopic (exact) mass is 311 g/mol. The molecule has 2 aliphatic carbocycles. The van der Waals surface area contributed by atoms with Crippen LogP contribution >= 0.6 is 0 Å². The molecule has 0 aromatic heterocycles. The molecular weight excluding hydrogens is 298 g/mol. The van der Waals surface area contributed by atoms with Crippen molar-refractivity contribution in [2.24, 2.45) is 28.8 Å². The number of rotatable bonds is 3. The number of nitro groups is 1. The summed E-state index contributed by atoms with van der Waals surface area (Å²) in [6, 6.07) is 6.07. The van der Waals surface area contributed by atoms with E-state index in [4.69, 9.17) is 0 Å². The number of amides is 2. The number of carbonyl (C=O) groups is 2. The second kappa shape index (κ2) is 4.84. The number of para-hydroxylation sites is 1. The van der Waals surface area contributed by atoms with Gasteiger partial charge in [0.2, 0.25) is 0 Å². The fraction of sp³-hybridized carbons (Fsp3) is 0.312. The van der Waals surface area contributed by atoms with Crippen molar-refractivity contribution >= 4 is 23.7 Å². The first-order valence-corrected chi connectivity index (χ1v) is 7.41. The van der Waals surface area contributed by atoms with Crippen LogP contribution in [0.15, 0.2) is 41.5 Å². The van der Waals surface area contributed by atoms with Crippen LogP contribution in [-0.2, 0) is 9.59 Å². The summed E-state index contributed by atoms with van der Waals surface area (Å²) in [5.41, 5.74) is 0.147. The van der Waals surface area contributed by atoms with Crippen molar-refractivity contribution in [1.82, 2.24) is 5.01 Å². The Morgan fingerprint density at radius 3 is 2.35 bits per heavy atom. The molecule has 0 spiro atoms. The summed E-state index contributed by atoms with van der Waals surface area (Å²) in [6.07, 6.45) is 6.08. The molecule has 1 aliphatic heterocycles. The minimum absolute atomic E-state index is 0.114. The number of fused-ring (bicyclic) bond motifs is 5. The number of allylic oxidation sites excluding steroid dienone is 2. The molecule has 2 bridgehead atoms. The Bertz CT molecular complexity index is 755. The summed E-state index contributed by atoms with van der Waals surface area (Å²) in [5, 5.41) is 15.8. The number of carbonyl (C=O) groups excluding carboxylic acids is 2. The van der Waals surface area contributed by atoms with Crippen LogP contribution in [0.25, 0.3) is 0 Å². The highest BCUT2D eigenvalue weighted by atomic mass is 16.6. The van der Waals surface area contributed by atoms with E-state index in [2.05, 4.69) is 5.10 Å². The fourth-order valence-corrected chi connectivity index (χ4v) is 3.88. The van der Waals surface area contributed by atoms with Gasteiger partial charge in [-0.05, 0) is 24.3 Å². The van der Waals surface area contributed by atoms with Crippen LogP contribution in [-0.4, -0.2) is 28.0 Å². The maximum atomic E-state index is 12.5. The summed E-state index contributed by atoms with van der Waals surface area (Å²) < 4.78 is 0. The molecule has 1 heterocycles. The maximum Gasteiger partial charge on any atom is 0.278 e. The second-order valence-corrected chi connectivity index (χ2v) is 6.05. The minimum atomic E-state index is -0.520. The van der Waals surface area contributed by atoms with Crippen LogP contribution in [0, 0.1) is 33.8 Å². The molecule has 4 atom stereocenters. The van der Waals surface area contributed by atoms with E-state index in [1.165, 1.54) is 18.3 Å². The third-order valence-electron chi connectivity index (χ3n) is 4.89. The maximum absolute atomic E-state index is 12.5. The lowest BCUT2D eigenvalue weighted by molar-refractivity contribution is -0.385. The van der Waals surface area contributed by atoms with Gasteiger partial charge in [0.15, 0.2) is 0 Å². The largest absolute Gasteiger partial charge is 0.278 e. The third kappa shape index (κ3) is 1.93. The average Bonchev–Trinajstić information content (AvgIpc) is 3.21. The molecular formula is C16H13N3O4. The lowest BCUT2D eigenvalue weighted by atomic mass is 9.85. The van der Waals surface area contributed by atoms with Crippen molar-refractivity contribution in [3.05, 3.63) is 52.1 Å². The van der Waals surface area contributed by atoms with Crippen LogP contribution in [0.1, 0.15) is 12.0 Å². The smallest absolute Gasteiger partial charge is 0.272 e. The third-order valence-corrected chi connectivity index (χ3v) is 4.89. The SMILES string of the molecule is O=C1[C@@H]2[C@H](C(=O)N1N=Cc1ccccc1[N+](=O)[O-])[C@H]1C=C[C@H]2C1. The van der Waals surface area contributed by atoms with Crippen LogP contribution in [0.2, 0.25) is 0 Å². The number of hydrazone groups is 1. The molecule has 0 N–H and O–H groups in total. The van der Waals surface area contributed by atoms with E-state index in [9.17, 15) is 19.7 Å². The highest BCUT2D eigenvalue weighted by Crippen LogP contribution is 2.52. The van der Waals surface area contributed by atoms with Crippen LogP contribution in [0.5, 0.6) is 0 Å². The first-order valence-electron chi connectivity index (χ1n) is 7.41. The van der Waals surface area contributed by atoms with Gasteiger partial charge in [0, 0.05) is 6.07 Å². The predicted octanol–water partition coefficient (Wildman–Crippen LogP) is 1.74.